The van der Waals surface area contributed by atoms with Crippen molar-refractivity contribution in [2.24, 2.45) is 0 Å². The average Bonchev–Trinajstić information content (AvgIpc) is 2.85. The highest BCUT2D eigenvalue weighted by Crippen LogP contribution is 2.33. The monoisotopic (exact) mass is 436 g/mol. The Kier molecular flexibility index (Phi) is 5.35. The standard InChI is InChI=1S/C29H24O4/c1-18-15-25-26(16-19(18)2)33-28(21-11-13-23(31-3)14-12-21)29(27(25)30)32-17-22-9-6-8-20-7-4-5-10-24(20)22/h4-16H,17H2,1-3H3. The lowest BCUT2D eigenvalue weighted by molar-refractivity contribution is 0.299. The minimum absolute atomic E-state index is 0.176. The third-order valence-electron chi connectivity index (χ3n) is 6.07. The van der Waals surface area contributed by atoms with E-state index in [9.17, 15) is 4.79 Å². The van der Waals surface area contributed by atoms with E-state index in [-0.39, 0.29) is 17.8 Å². The number of benzene rings is 4. The molecule has 5 rings (SSSR count). The molecule has 0 aliphatic rings. The Morgan fingerprint density at radius 3 is 2.33 bits per heavy atom. The van der Waals surface area contributed by atoms with E-state index < -0.39 is 0 Å². The summed E-state index contributed by atoms with van der Waals surface area (Å²) < 4.78 is 17.8. The second-order valence-corrected chi connectivity index (χ2v) is 8.18. The van der Waals surface area contributed by atoms with Crippen LogP contribution in [0.3, 0.4) is 0 Å². The minimum atomic E-state index is -0.176. The van der Waals surface area contributed by atoms with Crippen LogP contribution in [0.25, 0.3) is 33.1 Å². The van der Waals surface area contributed by atoms with Crippen LogP contribution in [0.2, 0.25) is 0 Å². The summed E-state index contributed by atoms with van der Waals surface area (Å²) in [6, 6.07) is 25.4. The molecule has 0 bridgehead atoms. The summed E-state index contributed by atoms with van der Waals surface area (Å²) >= 11 is 0. The van der Waals surface area contributed by atoms with E-state index >= 15 is 0 Å². The van der Waals surface area contributed by atoms with Crippen LogP contribution in [0.1, 0.15) is 16.7 Å². The molecule has 0 aliphatic heterocycles. The number of hydrogen-bond donors (Lipinski definition) is 0. The highest BCUT2D eigenvalue weighted by molar-refractivity contribution is 5.86. The zero-order valence-electron chi connectivity index (χ0n) is 18.8. The fourth-order valence-electron chi connectivity index (χ4n) is 4.07. The van der Waals surface area contributed by atoms with Gasteiger partial charge in [0.1, 0.15) is 17.9 Å². The quantitative estimate of drug-likeness (QED) is 0.303. The lowest BCUT2D eigenvalue weighted by Crippen LogP contribution is -2.11. The molecule has 164 valence electrons. The van der Waals surface area contributed by atoms with E-state index in [1.54, 1.807) is 7.11 Å². The van der Waals surface area contributed by atoms with Crippen LogP contribution in [0.5, 0.6) is 11.5 Å². The topological polar surface area (TPSA) is 48.7 Å². The summed E-state index contributed by atoms with van der Waals surface area (Å²) in [4.78, 5) is 13.6. The van der Waals surface area contributed by atoms with Crippen molar-refractivity contribution in [3.63, 3.8) is 0 Å². The van der Waals surface area contributed by atoms with Gasteiger partial charge in [-0.05, 0) is 77.7 Å². The molecule has 4 nitrogen and oxygen atoms in total. The van der Waals surface area contributed by atoms with Crippen LogP contribution >= 0.6 is 0 Å². The van der Waals surface area contributed by atoms with Gasteiger partial charge >= 0.3 is 0 Å². The van der Waals surface area contributed by atoms with Crippen LogP contribution in [0.4, 0.5) is 0 Å². The van der Waals surface area contributed by atoms with Gasteiger partial charge in [-0.2, -0.15) is 0 Å². The number of hydrogen-bond acceptors (Lipinski definition) is 4. The maximum absolute atomic E-state index is 13.6. The van der Waals surface area contributed by atoms with Gasteiger partial charge in [0.25, 0.3) is 0 Å². The molecule has 4 heteroatoms. The summed E-state index contributed by atoms with van der Waals surface area (Å²) in [7, 11) is 1.62. The van der Waals surface area contributed by atoms with Crippen LogP contribution in [-0.4, -0.2) is 7.11 Å². The van der Waals surface area contributed by atoms with Gasteiger partial charge < -0.3 is 13.9 Å². The molecule has 0 aliphatic carbocycles. The molecular formula is C29H24O4. The first-order chi connectivity index (χ1) is 16.0. The van der Waals surface area contributed by atoms with Crippen LogP contribution < -0.4 is 14.9 Å². The highest BCUT2D eigenvalue weighted by atomic mass is 16.5. The van der Waals surface area contributed by atoms with E-state index in [0.29, 0.717) is 16.7 Å². The van der Waals surface area contributed by atoms with Gasteiger partial charge in [-0.1, -0.05) is 42.5 Å². The molecule has 0 N–H and O–H groups in total. The lowest BCUT2D eigenvalue weighted by Gasteiger charge is -2.14. The van der Waals surface area contributed by atoms with Crippen molar-refractivity contribution in [1.82, 2.24) is 0 Å². The van der Waals surface area contributed by atoms with Crippen molar-refractivity contribution in [2.75, 3.05) is 7.11 Å². The first-order valence-corrected chi connectivity index (χ1v) is 10.9. The van der Waals surface area contributed by atoms with Crippen molar-refractivity contribution in [3.05, 3.63) is 106 Å². The van der Waals surface area contributed by atoms with E-state index in [1.807, 2.05) is 74.5 Å². The third-order valence-corrected chi connectivity index (χ3v) is 6.07. The Morgan fingerprint density at radius 2 is 1.55 bits per heavy atom. The highest BCUT2D eigenvalue weighted by Gasteiger charge is 2.19. The molecule has 0 radical (unpaired) electrons. The van der Waals surface area contributed by atoms with Gasteiger partial charge in [-0.15, -0.1) is 0 Å². The maximum atomic E-state index is 13.6. The zero-order chi connectivity index (χ0) is 22.9. The smallest absolute Gasteiger partial charge is 0.235 e. The first-order valence-electron chi connectivity index (χ1n) is 10.9. The Bertz CT molecular complexity index is 1520. The molecule has 5 aromatic rings. The molecule has 0 spiro atoms. The van der Waals surface area contributed by atoms with Gasteiger partial charge in [0.2, 0.25) is 11.2 Å². The third kappa shape index (κ3) is 3.85. The predicted octanol–water partition coefficient (Wildman–Crippen LogP) is 6.82. The minimum Gasteiger partial charge on any atom is -0.497 e. The van der Waals surface area contributed by atoms with Gasteiger partial charge in [0.05, 0.1) is 12.5 Å². The van der Waals surface area contributed by atoms with Gasteiger partial charge in [0.15, 0.2) is 5.76 Å². The summed E-state index contributed by atoms with van der Waals surface area (Å²) in [6.07, 6.45) is 0. The normalized spacial score (nSPS) is 11.1. The number of ether oxygens (including phenoxy) is 2. The van der Waals surface area contributed by atoms with E-state index in [2.05, 4.69) is 18.2 Å². The van der Waals surface area contributed by atoms with E-state index in [0.717, 1.165) is 38.8 Å². The van der Waals surface area contributed by atoms with Crippen molar-refractivity contribution in [1.29, 1.82) is 0 Å². The summed E-state index contributed by atoms with van der Waals surface area (Å²) in [6.45, 7) is 4.25. The van der Waals surface area contributed by atoms with Crippen LogP contribution in [-0.2, 0) is 6.61 Å². The van der Waals surface area contributed by atoms with E-state index in [4.69, 9.17) is 13.9 Å². The number of rotatable bonds is 5. The Balaban J connectivity index is 1.65. The largest absolute Gasteiger partial charge is 0.497 e. The molecule has 4 aromatic carbocycles. The van der Waals surface area contributed by atoms with Crippen LogP contribution in [0, 0.1) is 13.8 Å². The number of aryl methyl sites for hydroxylation is 2. The summed E-state index contributed by atoms with van der Waals surface area (Å²) in [5, 5.41) is 2.75. The second kappa shape index (κ2) is 8.47. The summed E-state index contributed by atoms with van der Waals surface area (Å²) in [5.74, 6) is 1.36. The fourth-order valence-corrected chi connectivity index (χ4v) is 4.07. The van der Waals surface area contributed by atoms with Gasteiger partial charge in [-0.3, -0.25) is 4.79 Å². The van der Waals surface area contributed by atoms with Crippen molar-refractivity contribution >= 4 is 21.7 Å². The zero-order valence-corrected chi connectivity index (χ0v) is 18.8. The molecule has 0 saturated heterocycles. The predicted molar refractivity (Wildman–Crippen MR) is 132 cm³/mol. The molecule has 33 heavy (non-hydrogen) atoms. The molecule has 1 heterocycles. The fraction of sp³-hybridized carbons (Fsp3) is 0.138. The van der Waals surface area contributed by atoms with Gasteiger partial charge in [-0.25, -0.2) is 0 Å². The molecule has 0 atom stereocenters. The Hall–Kier alpha value is -4.05. The van der Waals surface area contributed by atoms with Crippen LogP contribution in [0.15, 0.2) is 88.1 Å². The SMILES string of the molecule is COc1ccc(-c2oc3cc(C)c(C)cc3c(=O)c2OCc2cccc3ccccc23)cc1. The molecule has 0 amide bonds. The first kappa shape index (κ1) is 20.8. The maximum Gasteiger partial charge on any atom is 0.235 e. The second-order valence-electron chi connectivity index (χ2n) is 8.18. The molecule has 1 aromatic heterocycles. The lowest BCUT2D eigenvalue weighted by atomic mass is 10.0. The Morgan fingerprint density at radius 1 is 0.818 bits per heavy atom. The molecule has 0 fully saturated rings. The number of methoxy groups -OCH3 is 1. The summed E-state index contributed by atoms with van der Waals surface area (Å²) in [5.41, 5.74) is 4.23. The molecular weight excluding hydrogens is 412 g/mol. The average molecular weight is 437 g/mol. The van der Waals surface area contributed by atoms with Crippen molar-refractivity contribution < 1.29 is 13.9 Å². The van der Waals surface area contributed by atoms with Crippen molar-refractivity contribution in [2.45, 2.75) is 20.5 Å². The molecule has 0 unspecified atom stereocenters. The Labute approximate surface area is 192 Å². The van der Waals surface area contributed by atoms with E-state index in [1.165, 1.54) is 0 Å². The van der Waals surface area contributed by atoms with Gasteiger partial charge in [0, 0.05) is 5.56 Å². The van der Waals surface area contributed by atoms with Crippen molar-refractivity contribution in [3.8, 4) is 22.8 Å². The molecule has 0 saturated carbocycles. The number of fused-ring (bicyclic) bond motifs is 2.